The van der Waals surface area contributed by atoms with E-state index in [-0.39, 0.29) is 22.7 Å². The number of benzene rings is 2. The van der Waals surface area contributed by atoms with Gasteiger partial charge in [-0.15, -0.1) is 5.10 Å². The number of aromatic nitrogens is 7. The van der Waals surface area contributed by atoms with E-state index >= 15 is 0 Å². The van der Waals surface area contributed by atoms with E-state index in [1.54, 1.807) is 29.1 Å². The van der Waals surface area contributed by atoms with Gasteiger partial charge in [-0.2, -0.15) is 5.10 Å². The van der Waals surface area contributed by atoms with Crippen LogP contribution in [0.3, 0.4) is 0 Å². The molecule has 3 atom stereocenters. The Hall–Kier alpha value is -4.08. The van der Waals surface area contributed by atoms with Gasteiger partial charge in [0, 0.05) is 52.0 Å². The van der Waals surface area contributed by atoms with Crippen molar-refractivity contribution in [3.63, 3.8) is 0 Å². The highest BCUT2D eigenvalue weighted by molar-refractivity contribution is 6.31. The van der Waals surface area contributed by atoms with Gasteiger partial charge in [-0.3, -0.25) is 19.5 Å². The van der Waals surface area contributed by atoms with E-state index in [1.807, 2.05) is 23.8 Å². The van der Waals surface area contributed by atoms with E-state index in [0.717, 1.165) is 45.7 Å². The lowest BCUT2D eigenvalue weighted by molar-refractivity contribution is 0.576. The molecule has 5 aromatic rings. The zero-order chi connectivity index (χ0) is 26.4. The van der Waals surface area contributed by atoms with Crippen LogP contribution >= 0.6 is 23.2 Å². The third-order valence-corrected chi connectivity index (χ3v) is 8.41. The summed E-state index contributed by atoms with van der Waals surface area (Å²) in [6.07, 6.45) is 5.23. The predicted octanol–water partition coefficient (Wildman–Crippen LogP) is 5.53. The van der Waals surface area contributed by atoms with Crippen molar-refractivity contribution in [1.29, 1.82) is 0 Å². The molecule has 8 rings (SSSR count). The quantitative estimate of drug-likeness (QED) is 0.314. The van der Waals surface area contributed by atoms with Crippen molar-refractivity contribution >= 4 is 45.4 Å². The van der Waals surface area contributed by atoms with Crippen LogP contribution in [0.5, 0.6) is 0 Å². The number of hydrogen-bond donors (Lipinski definition) is 1. The summed E-state index contributed by atoms with van der Waals surface area (Å²) in [6, 6.07) is 13.2. The van der Waals surface area contributed by atoms with Gasteiger partial charge in [0.1, 0.15) is 5.82 Å². The minimum atomic E-state index is -0.0979. The van der Waals surface area contributed by atoms with Crippen LogP contribution in [0.15, 0.2) is 64.6 Å². The van der Waals surface area contributed by atoms with Crippen LogP contribution in [-0.4, -0.2) is 40.5 Å². The molecular weight excluding hydrogens is 535 g/mol. The number of aliphatic imine (C=N–C) groups is 1. The molecule has 0 spiro atoms. The highest BCUT2D eigenvalue weighted by Gasteiger charge is 2.55. The van der Waals surface area contributed by atoms with Crippen LogP contribution in [0.25, 0.3) is 33.4 Å². The molecule has 1 saturated carbocycles. The van der Waals surface area contributed by atoms with E-state index in [0.29, 0.717) is 34.3 Å². The van der Waals surface area contributed by atoms with Gasteiger partial charge in [0.05, 0.1) is 29.1 Å². The first-order valence-corrected chi connectivity index (χ1v) is 13.4. The van der Waals surface area contributed by atoms with Crippen molar-refractivity contribution < 1.29 is 0 Å². The number of aromatic amines is 1. The Morgan fingerprint density at radius 2 is 2.00 bits per heavy atom. The minimum Gasteiger partial charge on any atom is -0.287 e. The summed E-state index contributed by atoms with van der Waals surface area (Å²) in [5.41, 5.74) is 7.06. The maximum atomic E-state index is 13.6. The molecule has 5 heterocycles. The molecule has 1 fully saturated rings. The number of nitrogens with zero attached hydrogens (tertiary/aromatic N) is 7. The van der Waals surface area contributed by atoms with Crippen LogP contribution in [0.2, 0.25) is 10.2 Å². The van der Waals surface area contributed by atoms with E-state index in [4.69, 9.17) is 33.2 Å². The summed E-state index contributed by atoms with van der Waals surface area (Å²) < 4.78 is 3.40. The molecule has 0 amide bonds. The number of hydrogen-bond acceptors (Lipinski definition) is 6. The Bertz CT molecular complexity index is 1970. The van der Waals surface area contributed by atoms with E-state index < -0.39 is 0 Å². The third-order valence-electron chi connectivity index (χ3n) is 8.00. The SMILES string of the molecule is Cc1[nH]nc2cc(C3=CN=C(C4C5CC5c5nc(-c6cc(Cl)ccc6-n6cc(Cl)nn6)cc(=O)n54)C3)ccc12. The zero-order valence-electron chi connectivity index (χ0n) is 20.6. The number of nitrogens with one attached hydrogen (secondary N) is 1. The van der Waals surface area contributed by atoms with Crippen LogP contribution in [0, 0.1) is 12.8 Å². The second kappa shape index (κ2) is 8.21. The molecule has 1 aliphatic carbocycles. The molecule has 3 unspecified atom stereocenters. The van der Waals surface area contributed by atoms with Crippen LogP contribution < -0.4 is 5.56 Å². The summed E-state index contributed by atoms with van der Waals surface area (Å²) in [5, 5.41) is 17.3. The fraction of sp³-hybridized carbons (Fsp3) is 0.214. The van der Waals surface area contributed by atoms with Gasteiger partial charge < -0.3 is 0 Å². The largest absolute Gasteiger partial charge is 0.287 e. The highest BCUT2D eigenvalue weighted by atomic mass is 35.5. The van der Waals surface area contributed by atoms with Gasteiger partial charge >= 0.3 is 0 Å². The molecule has 0 saturated heterocycles. The Labute approximate surface area is 231 Å². The Morgan fingerprint density at radius 3 is 2.85 bits per heavy atom. The van der Waals surface area contributed by atoms with Crippen molar-refractivity contribution in [3.05, 3.63) is 92.5 Å². The molecule has 11 heteroatoms. The number of fused-ring (bicyclic) bond motifs is 4. The highest BCUT2D eigenvalue weighted by Crippen LogP contribution is 2.59. The summed E-state index contributed by atoms with van der Waals surface area (Å²) in [7, 11) is 0. The van der Waals surface area contributed by atoms with Crippen LogP contribution in [-0.2, 0) is 0 Å². The maximum absolute atomic E-state index is 13.6. The lowest BCUT2D eigenvalue weighted by atomic mass is 9.97. The average molecular weight is 555 g/mol. The van der Waals surface area contributed by atoms with E-state index in [9.17, 15) is 4.79 Å². The molecule has 3 aliphatic rings. The molecule has 192 valence electrons. The lowest BCUT2D eigenvalue weighted by Crippen LogP contribution is -2.30. The molecule has 39 heavy (non-hydrogen) atoms. The molecule has 0 bridgehead atoms. The number of aryl methyl sites for hydroxylation is 1. The Kier molecular flexibility index (Phi) is 4.81. The van der Waals surface area contributed by atoms with Crippen molar-refractivity contribution in [2.45, 2.75) is 31.7 Å². The molecule has 3 aromatic heterocycles. The van der Waals surface area contributed by atoms with E-state index in [2.05, 4.69) is 38.7 Å². The van der Waals surface area contributed by atoms with Crippen molar-refractivity contribution in [1.82, 2.24) is 34.7 Å². The zero-order valence-corrected chi connectivity index (χ0v) is 22.1. The first-order chi connectivity index (χ1) is 18.9. The fourth-order valence-corrected chi connectivity index (χ4v) is 6.36. The van der Waals surface area contributed by atoms with Gasteiger partial charge in [0.15, 0.2) is 5.15 Å². The van der Waals surface area contributed by atoms with Crippen LogP contribution in [0.1, 0.15) is 41.9 Å². The summed E-state index contributed by atoms with van der Waals surface area (Å²) in [5.74, 6) is 1.37. The van der Waals surface area contributed by atoms with Gasteiger partial charge in [-0.1, -0.05) is 40.5 Å². The summed E-state index contributed by atoms with van der Waals surface area (Å²) in [6.45, 7) is 2.02. The molecule has 2 aromatic carbocycles. The van der Waals surface area contributed by atoms with Crippen molar-refractivity contribution in [2.24, 2.45) is 10.9 Å². The minimum absolute atomic E-state index is 0.0860. The number of rotatable bonds is 4. The first-order valence-electron chi connectivity index (χ1n) is 12.7. The van der Waals surface area contributed by atoms with Crippen molar-refractivity contribution in [2.75, 3.05) is 0 Å². The van der Waals surface area contributed by atoms with Gasteiger partial charge in [0.2, 0.25) is 0 Å². The number of allylic oxidation sites excluding steroid dienone is 1. The van der Waals surface area contributed by atoms with Gasteiger partial charge in [0.25, 0.3) is 5.56 Å². The maximum Gasteiger partial charge on any atom is 0.254 e. The molecule has 0 radical (unpaired) electrons. The average Bonchev–Trinajstić information content (AvgIpc) is 3.28. The monoisotopic (exact) mass is 554 g/mol. The Morgan fingerprint density at radius 1 is 1.10 bits per heavy atom. The number of H-pyrrole nitrogens is 1. The smallest absolute Gasteiger partial charge is 0.254 e. The van der Waals surface area contributed by atoms with Crippen molar-refractivity contribution in [3.8, 4) is 16.9 Å². The summed E-state index contributed by atoms with van der Waals surface area (Å²) >= 11 is 12.4. The first kappa shape index (κ1) is 22.9. The fourth-order valence-electron chi connectivity index (χ4n) is 6.06. The molecular formula is C28H20Cl2N8O. The standard InChI is InChI=1S/C28H20Cl2N8O/c1-13-17-4-2-14(6-22(17)34-33-13)15-7-23(31-11-15)27-18-9-19(18)28-32-21(10-26(39)38(27)28)20-8-16(29)3-5-24(20)37-12-25(30)35-36-37/h2-6,8,10-12,18-19,27H,7,9H2,1H3,(H,33,34). The Balaban J connectivity index is 1.14. The van der Waals surface area contributed by atoms with Gasteiger partial charge in [-0.05, 0) is 54.7 Å². The topological polar surface area (TPSA) is 107 Å². The normalized spacial score (nSPS) is 21.2. The molecule has 1 N–H and O–H groups in total. The second-order valence-electron chi connectivity index (χ2n) is 10.3. The predicted molar refractivity (Wildman–Crippen MR) is 150 cm³/mol. The third kappa shape index (κ3) is 3.53. The summed E-state index contributed by atoms with van der Waals surface area (Å²) in [4.78, 5) is 23.4. The van der Waals surface area contributed by atoms with Crippen LogP contribution in [0.4, 0.5) is 0 Å². The second-order valence-corrected chi connectivity index (χ2v) is 11.2. The number of halogens is 2. The van der Waals surface area contributed by atoms with E-state index in [1.165, 1.54) is 0 Å². The molecule has 9 nitrogen and oxygen atoms in total. The lowest BCUT2D eigenvalue weighted by Gasteiger charge is -2.19. The molecule has 2 aliphatic heterocycles. The van der Waals surface area contributed by atoms with Gasteiger partial charge in [-0.25, -0.2) is 9.67 Å².